The van der Waals surface area contributed by atoms with Crippen LogP contribution in [-0.4, -0.2) is 66.0 Å². The van der Waals surface area contributed by atoms with Crippen molar-refractivity contribution in [1.29, 1.82) is 0 Å². The summed E-state index contributed by atoms with van der Waals surface area (Å²) < 4.78 is 0. The second-order valence-corrected chi connectivity index (χ2v) is 11.0. The van der Waals surface area contributed by atoms with Gasteiger partial charge in [0.05, 0.1) is 5.52 Å². The molecule has 1 N–H and O–H groups in total. The SMILES string of the molecule is Cc1cc(N2C[C@H](C)C[C@H](C)C2)nc2ccc(NC(=O)CCC(=O)N3CCN(c4ccccn4)CC3)cc12. The highest BCUT2D eigenvalue weighted by Crippen LogP contribution is 2.29. The fourth-order valence-corrected chi connectivity index (χ4v) is 5.79. The molecule has 0 unspecified atom stereocenters. The van der Waals surface area contributed by atoms with Gasteiger partial charge in [-0.25, -0.2) is 9.97 Å². The minimum atomic E-state index is -0.150. The highest BCUT2D eigenvalue weighted by Gasteiger charge is 2.24. The number of pyridine rings is 2. The van der Waals surface area contributed by atoms with Gasteiger partial charge in [0.1, 0.15) is 11.6 Å². The molecule has 2 aliphatic rings. The minimum absolute atomic E-state index is 0.0215. The molecule has 0 saturated carbocycles. The lowest BCUT2D eigenvalue weighted by molar-refractivity contribution is -0.133. The predicted octanol–water partition coefficient (Wildman–Crippen LogP) is 4.49. The van der Waals surface area contributed by atoms with Crippen LogP contribution in [0.5, 0.6) is 0 Å². The monoisotopic (exact) mass is 514 g/mol. The van der Waals surface area contributed by atoms with Crippen molar-refractivity contribution in [3.05, 3.63) is 54.2 Å². The summed E-state index contributed by atoms with van der Waals surface area (Å²) >= 11 is 0. The summed E-state index contributed by atoms with van der Waals surface area (Å²) in [4.78, 5) is 41.1. The van der Waals surface area contributed by atoms with E-state index in [0.29, 0.717) is 24.9 Å². The smallest absolute Gasteiger partial charge is 0.224 e. The molecule has 0 spiro atoms. The molecule has 8 heteroatoms. The highest BCUT2D eigenvalue weighted by atomic mass is 16.2. The summed E-state index contributed by atoms with van der Waals surface area (Å²) in [5.41, 5.74) is 2.81. The van der Waals surface area contributed by atoms with Crippen molar-refractivity contribution in [3.63, 3.8) is 0 Å². The number of rotatable bonds is 6. The number of nitrogens with zero attached hydrogens (tertiary/aromatic N) is 5. The third kappa shape index (κ3) is 6.06. The number of piperazine rings is 1. The first-order valence-corrected chi connectivity index (χ1v) is 13.8. The molecule has 2 aliphatic heterocycles. The van der Waals surface area contributed by atoms with Crippen molar-refractivity contribution in [2.24, 2.45) is 11.8 Å². The van der Waals surface area contributed by atoms with E-state index in [1.165, 1.54) is 6.42 Å². The summed E-state index contributed by atoms with van der Waals surface area (Å²) in [5, 5.41) is 4.01. The molecule has 4 heterocycles. The molecular weight excluding hydrogens is 476 g/mol. The quantitative estimate of drug-likeness (QED) is 0.522. The number of carbonyl (C=O) groups excluding carboxylic acids is 2. The lowest BCUT2D eigenvalue weighted by atomic mass is 9.92. The van der Waals surface area contributed by atoms with Gasteiger partial charge in [0.25, 0.3) is 0 Å². The summed E-state index contributed by atoms with van der Waals surface area (Å²) in [5.74, 6) is 3.17. The molecule has 38 heavy (non-hydrogen) atoms. The molecule has 5 rings (SSSR count). The van der Waals surface area contributed by atoms with Crippen molar-refractivity contribution in [1.82, 2.24) is 14.9 Å². The Morgan fingerprint density at radius 1 is 0.921 bits per heavy atom. The van der Waals surface area contributed by atoms with E-state index in [1.807, 2.05) is 41.3 Å². The number of piperidine rings is 1. The van der Waals surface area contributed by atoms with Gasteiger partial charge in [0.2, 0.25) is 11.8 Å². The van der Waals surface area contributed by atoms with Crippen LogP contribution < -0.4 is 15.1 Å². The molecule has 1 aromatic carbocycles. The summed E-state index contributed by atoms with van der Waals surface area (Å²) in [6.45, 7) is 11.6. The first-order valence-electron chi connectivity index (χ1n) is 13.8. The lowest BCUT2D eigenvalue weighted by Crippen LogP contribution is -2.49. The standard InChI is InChI=1S/C30H38N6O2/c1-21-16-22(2)20-36(19-21)28-17-23(3)25-18-24(7-8-26(25)33-28)32-29(37)9-10-30(38)35-14-12-34(13-15-35)27-6-4-5-11-31-27/h4-8,11,17-18,21-22H,9-10,12-16,19-20H2,1-3H3,(H,32,37)/t21-,22+. The molecule has 0 bridgehead atoms. The number of anilines is 3. The maximum atomic E-state index is 12.7. The van der Waals surface area contributed by atoms with Crippen molar-refractivity contribution >= 4 is 40.0 Å². The third-order valence-corrected chi connectivity index (χ3v) is 7.65. The van der Waals surface area contributed by atoms with E-state index in [2.05, 4.69) is 46.9 Å². The van der Waals surface area contributed by atoms with Crippen LogP contribution in [0.2, 0.25) is 0 Å². The van der Waals surface area contributed by atoms with Crippen LogP contribution in [0, 0.1) is 18.8 Å². The van der Waals surface area contributed by atoms with Gasteiger partial charge in [-0.2, -0.15) is 0 Å². The zero-order chi connectivity index (χ0) is 26.6. The number of aromatic nitrogens is 2. The highest BCUT2D eigenvalue weighted by molar-refractivity contribution is 5.96. The molecule has 0 aliphatic carbocycles. The number of nitrogens with one attached hydrogen (secondary N) is 1. The van der Waals surface area contributed by atoms with Crippen molar-refractivity contribution in [2.75, 3.05) is 54.4 Å². The minimum Gasteiger partial charge on any atom is -0.356 e. The van der Waals surface area contributed by atoms with E-state index in [0.717, 1.165) is 60.0 Å². The van der Waals surface area contributed by atoms with Gasteiger partial charge < -0.3 is 20.0 Å². The van der Waals surface area contributed by atoms with Gasteiger partial charge in [-0.15, -0.1) is 0 Å². The van der Waals surface area contributed by atoms with Crippen LogP contribution in [-0.2, 0) is 9.59 Å². The molecule has 2 saturated heterocycles. The summed E-state index contributed by atoms with van der Waals surface area (Å²) in [6.07, 6.45) is 3.42. The fraction of sp³-hybridized carbons (Fsp3) is 0.467. The average molecular weight is 515 g/mol. The number of hydrogen-bond acceptors (Lipinski definition) is 6. The Hall–Kier alpha value is -3.68. The zero-order valence-corrected chi connectivity index (χ0v) is 22.7. The third-order valence-electron chi connectivity index (χ3n) is 7.65. The molecule has 2 aromatic heterocycles. The van der Waals surface area contributed by atoms with E-state index >= 15 is 0 Å². The Balaban J connectivity index is 1.14. The molecular formula is C30H38N6O2. The largest absolute Gasteiger partial charge is 0.356 e. The molecule has 8 nitrogen and oxygen atoms in total. The molecule has 2 amide bonds. The van der Waals surface area contributed by atoms with E-state index in [1.54, 1.807) is 6.20 Å². The first kappa shape index (κ1) is 25.9. The van der Waals surface area contributed by atoms with Crippen molar-refractivity contribution < 1.29 is 9.59 Å². The number of benzene rings is 1. The molecule has 3 aromatic rings. The summed E-state index contributed by atoms with van der Waals surface area (Å²) in [7, 11) is 0. The van der Waals surface area contributed by atoms with Crippen LogP contribution in [0.15, 0.2) is 48.7 Å². The number of carbonyl (C=O) groups is 2. The van der Waals surface area contributed by atoms with E-state index in [-0.39, 0.29) is 24.7 Å². The van der Waals surface area contributed by atoms with Crippen LogP contribution in [0.1, 0.15) is 38.7 Å². The van der Waals surface area contributed by atoms with Gasteiger partial charge in [0, 0.05) is 69.4 Å². The van der Waals surface area contributed by atoms with Crippen LogP contribution >= 0.6 is 0 Å². The number of fused-ring (bicyclic) bond motifs is 1. The van der Waals surface area contributed by atoms with Crippen LogP contribution in [0.4, 0.5) is 17.3 Å². The number of hydrogen-bond donors (Lipinski definition) is 1. The Labute approximate surface area is 225 Å². The van der Waals surface area contributed by atoms with Crippen LogP contribution in [0.3, 0.4) is 0 Å². The van der Waals surface area contributed by atoms with Gasteiger partial charge in [0.15, 0.2) is 0 Å². The van der Waals surface area contributed by atoms with E-state index in [9.17, 15) is 9.59 Å². The van der Waals surface area contributed by atoms with Gasteiger partial charge in [-0.05, 0) is 67.1 Å². The van der Waals surface area contributed by atoms with E-state index in [4.69, 9.17) is 4.98 Å². The lowest BCUT2D eigenvalue weighted by Gasteiger charge is -2.36. The van der Waals surface area contributed by atoms with Gasteiger partial charge in [-0.3, -0.25) is 9.59 Å². The Morgan fingerprint density at radius 3 is 2.39 bits per heavy atom. The van der Waals surface area contributed by atoms with Gasteiger partial charge in [-0.1, -0.05) is 19.9 Å². The second-order valence-electron chi connectivity index (χ2n) is 11.0. The number of aryl methyl sites for hydroxylation is 1. The maximum Gasteiger partial charge on any atom is 0.224 e. The zero-order valence-electron chi connectivity index (χ0n) is 22.7. The Morgan fingerprint density at radius 2 is 1.68 bits per heavy atom. The number of amides is 2. The van der Waals surface area contributed by atoms with E-state index < -0.39 is 0 Å². The Kier molecular flexibility index (Phi) is 7.77. The van der Waals surface area contributed by atoms with Gasteiger partial charge >= 0.3 is 0 Å². The molecule has 0 radical (unpaired) electrons. The van der Waals surface area contributed by atoms with Crippen molar-refractivity contribution in [2.45, 2.75) is 40.0 Å². The first-order chi connectivity index (χ1) is 18.4. The predicted molar refractivity (Wildman–Crippen MR) is 153 cm³/mol. The normalized spacial score (nSPS) is 20.0. The second kappa shape index (κ2) is 11.4. The molecule has 2 fully saturated rings. The molecule has 200 valence electrons. The van der Waals surface area contributed by atoms with Crippen molar-refractivity contribution in [3.8, 4) is 0 Å². The molecule has 2 atom stereocenters. The van der Waals surface area contributed by atoms with Crippen LogP contribution in [0.25, 0.3) is 10.9 Å². The maximum absolute atomic E-state index is 12.7. The topological polar surface area (TPSA) is 81.7 Å². The summed E-state index contributed by atoms with van der Waals surface area (Å²) in [6, 6.07) is 13.9. The fourth-order valence-electron chi connectivity index (χ4n) is 5.79. The average Bonchev–Trinajstić information content (AvgIpc) is 2.92. The Bertz CT molecular complexity index is 1280.